The quantitative estimate of drug-likeness (QED) is 0.776. The Bertz CT molecular complexity index is 729. The third kappa shape index (κ3) is 4.07. The average molecular weight is 345 g/mol. The molecular formula is C18H20FN3O3. The van der Waals surface area contributed by atoms with Crippen LogP contribution in [0.4, 0.5) is 10.1 Å². The largest absolute Gasteiger partial charge is 0.497 e. The molecule has 6 nitrogen and oxygen atoms in total. The molecule has 0 spiro atoms. The number of halogens is 1. The normalized spacial score (nSPS) is 19.5. The van der Waals surface area contributed by atoms with E-state index in [1.165, 1.54) is 12.1 Å². The maximum atomic E-state index is 13.0. The third-order valence-corrected chi connectivity index (χ3v) is 4.11. The van der Waals surface area contributed by atoms with Crippen LogP contribution in [-0.4, -0.2) is 26.2 Å². The minimum Gasteiger partial charge on any atom is -0.497 e. The van der Waals surface area contributed by atoms with Crippen molar-refractivity contribution in [3.63, 3.8) is 0 Å². The smallest absolute Gasteiger partial charge is 0.242 e. The van der Waals surface area contributed by atoms with E-state index < -0.39 is 6.04 Å². The van der Waals surface area contributed by atoms with E-state index in [1.54, 1.807) is 44.6 Å². The van der Waals surface area contributed by atoms with Crippen LogP contribution in [0.25, 0.3) is 0 Å². The van der Waals surface area contributed by atoms with Crippen molar-refractivity contribution in [1.29, 1.82) is 0 Å². The monoisotopic (exact) mass is 345 g/mol. The second kappa shape index (κ2) is 7.50. The first-order valence-corrected chi connectivity index (χ1v) is 7.89. The number of hydrogen-bond acceptors (Lipinski definition) is 5. The Labute approximate surface area is 145 Å². The van der Waals surface area contributed by atoms with Crippen molar-refractivity contribution in [3.8, 4) is 11.5 Å². The summed E-state index contributed by atoms with van der Waals surface area (Å²) in [5.74, 6) is 0.732. The number of hydrazine groups is 1. The van der Waals surface area contributed by atoms with Gasteiger partial charge in [-0.05, 0) is 24.1 Å². The van der Waals surface area contributed by atoms with Crippen LogP contribution in [0.3, 0.4) is 0 Å². The van der Waals surface area contributed by atoms with Gasteiger partial charge in [0.1, 0.15) is 23.4 Å². The number of carbonyl (C=O) groups excluding carboxylic acids is 1. The topological polar surface area (TPSA) is 71.6 Å². The van der Waals surface area contributed by atoms with E-state index in [0.717, 1.165) is 5.56 Å². The molecule has 0 bridgehead atoms. The van der Waals surface area contributed by atoms with Crippen LogP contribution >= 0.6 is 0 Å². The van der Waals surface area contributed by atoms with E-state index in [1.807, 2.05) is 0 Å². The Balaban J connectivity index is 1.65. The van der Waals surface area contributed by atoms with Crippen molar-refractivity contribution in [1.82, 2.24) is 10.9 Å². The Morgan fingerprint density at radius 1 is 1.08 bits per heavy atom. The van der Waals surface area contributed by atoms with Gasteiger partial charge in [0.2, 0.25) is 5.91 Å². The van der Waals surface area contributed by atoms with Gasteiger partial charge < -0.3 is 14.8 Å². The molecule has 132 valence electrons. The molecule has 0 aromatic heterocycles. The number of benzene rings is 2. The lowest BCUT2D eigenvalue weighted by molar-refractivity contribution is -0.117. The molecule has 0 saturated carbocycles. The summed E-state index contributed by atoms with van der Waals surface area (Å²) in [5, 5.41) is 2.85. The number of hydrogen-bond donors (Lipinski definition) is 3. The SMILES string of the molecule is COc1cc(NC(=O)C2CC(c3ccc(F)cc3)NN2)cc(OC)c1. The summed E-state index contributed by atoms with van der Waals surface area (Å²) in [4.78, 5) is 12.5. The lowest BCUT2D eigenvalue weighted by atomic mass is 10.0. The minimum atomic E-state index is -0.410. The van der Waals surface area contributed by atoms with Crippen LogP contribution in [0, 0.1) is 5.82 Å². The first-order valence-electron chi connectivity index (χ1n) is 7.89. The Morgan fingerprint density at radius 2 is 1.72 bits per heavy atom. The molecule has 1 aliphatic heterocycles. The number of anilines is 1. The van der Waals surface area contributed by atoms with Gasteiger partial charge in [-0.3, -0.25) is 4.79 Å². The predicted octanol–water partition coefficient (Wildman–Crippen LogP) is 2.39. The van der Waals surface area contributed by atoms with E-state index in [9.17, 15) is 9.18 Å². The van der Waals surface area contributed by atoms with E-state index in [0.29, 0.717) is 23.6 Å². The second-order valence-electron chi connectivity index (χ2n) is 5.77. The summed E-state index contributed by atoms with van der Waals surface area (Å²) in [5.41, 5.74) is 7.56. The third-order valence-electron chi connectivity index (χ3n) is 4.11. The lowest BCUT2D eigenvalue weighted by Crippen LogP contribution is -2.39. The molecule has 0 radical (unpaired) electrons. The maximum Gasteiger partial charge on any atom is 0.242 e. The second-order valence-corrected chi connectivity index (χ2v) is 5.77. The molecule has 2 aromatic carbocycles. The fourth-order valence-corrected chi connectivity index (χ4v) is 2.75. The summed E-state index contributed by atoms with van der Waals surface area (Å²) in [6.07, 6.45) is 0.554. The molecule has 1 fully saturated rings. The van der Waals surface area contributed by atoms with Crippen LogP contribution in [-0.2, 0) is 4.79 Å². The summed E-state index contributed by atoms with van der Waals surface area (Å²) in [7, 11) is 3.10. The van der Waals surface area contributed by atoms with Gasteiger partial charge in [0, 0.05) is 29.9 Å². The average Bonchev–Trinajstić information content (AvgIpc) is 3.12. The zero-order valence-electron chi connectivity index (χ0n) is 14.0. The standard InChI is InChI=1S/C18H20FN3O3/c1-24-14-7-13(8-15(9-14)25-2)20-18(23)17-10-16(21-22-17)11-3-5-12(19)6-4-11/h3-9,16-17,21-22H,10H2,1-2H3,(H,20,23). The minimum absolute atomic E-state index is 0.0591. The molecule has 25 heavy (non-hydrogen) atoms. The number of rotatable bonds is 5. The highest BCUT2D eigenvalue weighted by atomic mass is 19.1. The van der Waals surface area contributed by atoms with Crippen molar-refractivity contribution < 1.29 is 18.7 Å². The highest BCUT2D eigenvalue weighted by Crippen LogP contribution is 2.27. The van der Waals surface area contributed by atoms with Crippen molar-refractivity contribution in [2.24, 2.45) is 0 Å². The van der Waals surface area contributed by atoms with Crippen LogP contribution < -0.4 is 25.6 Å². The first kappa shape index (κ1) is 17.2. The van der Waals surface area contributed by atoms with Crippen molar-refractivity contribution in [2.75, 3.05) is 19.5 Å². The van der Waals surface area contributed by atoms with Gasteiger partial charge in [-0.2, -0.15) is 0 Å². The van der Waals surface area contributed by atoms with Gasteiger partial charge in [0.05, 0.1) is 14.2 Å². The van der Waals surface area contributed by atoms with E-state index >= 15 is 0 Å². The molecule has 1 heterocycles. The maximum absolute atomic E-state index is 13.0. The molecule has 2 aromatic rings. The predicted molar refractivity (Wildman–Crippen MR) is 92.0 cm³/mol. The number of amides is 1. The van der Waals surface area contributed by atoms with Crippen molar-refractivity contribution in [2.45, 2.75) is 18.5 Å². The van der Waals surface area contributed by atoms with Gasteiger partial charge in [-0.15, -0.1) is 0 Å². The van der Waals surface area contributed by atoms with Gasteiger partial charge >= 0.3 is 0 Å². The Morgan fingerprint density at radius 3 is 2.32 bits per heavy atom. The molecular weight excluding hydrogens is 325 g/mol. The van der Waals surface area contributed by atoms with Crippen molar-refractivity contribution in [3.05, 3.63) is 53.8 Å². The summed E-state index contributed by atoms with van der Waals surface area (Å²) in [6.45, 7) is 0. The van der Waals surface area contributed by atoms with Gasteiger partial charge in [0.25, 0.3) is 0 Å². The Hall–Kier alpha value is -2.64. The van der Waals surface area contributed by atoms with Crippen LogP contribution in [0.15, 0.2) is 42.5 Å². The van der Waals surface area contributed by atoms with E-state index in [4.69, 9.17) is 9.47 Å². The number of ether oxygens (including phenoxy) is 2. The molecule has 3 rings (SSSR count). The summed E-state index contributed by atoms with van der Waals surface area (Å²) >= 11 is 0. The Kier molecular flexibility index (Phi) is 5.16. The van der Waals surface area contributed by atoms with E-state index in [2.05, 4.69) is 16.2 Å². The van der Waals surface area contributed by atoms with Gasteiger partial charge in [-0.1, -0.05) is 12.1 Å². The highest BCUT2D eigenvalue weighted by Gasteiger charge is 2.30. The van der Waals surface area contributed by atoms with Crippen molar-refractivity contribution >= 4 is 11.6 Å². The molecule has 7 heteroatoms. The van der Waals surface area contributed by atoms with Crippen LogP contribution in [0.2, 0.25) is 0 Å². The molecule has 2 atom stereocenters. The van der Waals surface area contributed by atoms with Gasteiger partial charge in [-0.25, -0.2) is 15.2 Å². The summed E-state index contributed by atoms with van der Waals surface area (Å²) in [6, 6.07) is 10.9. The molecule has 3 N–H and O–H groups in total. The fourth-order valence-electron chi connectivity index (χ4n) is 2.75. The number of nitrogens with one attached hydrogen (secondary N) is 3. The molecule has 0 aliphatic carbocycles. The van der Waals surface area contributed by atoms with Gasteiger partial charge in [0.15, 0.2) is 0 Å². The van der Waals surface area contributed by atoms with Crippen LogP contribution in [0.1, 0.15) is 18.0 Å². The first-order chi connectivity index (χ1) is 12.1. The lowest BCUT2D eigenvalue weighted by Gasteiger charge is -2.13. The number of methoxy groups -OCH3 is 2. The molecule has 1 aliphatic rings. The van der Waals surface area contributed by atoms with E-state index in [-0.39, 0.29) is 17.8 Å². The molecule has 2 unspecified atom stereocenters. The molecule has 1 amide bonds. The van der Waals surface area contributed by atoms with Crippen LogP contribution in [0.5, 0.6) is 11.5 Å². The highest BCUT2D eigenvalue weighted by molar-refractivity contribution is 5.95. The summed E-state index contributed by atoms with van der Waals surface area (Å²) < 4.78 is 23.4. The zero-order valence-corrected chi connectivity index (χ0v) is 14.0. The zero-order chi connectivity index (χ0) is 17.8. The number of carbonyl (C=O) groups is 1. The molecule has 1 saturated heterocycles. The fraction of sp³-hybridized carbons (Fsp3) is 0.278.